The molecule has 0 bridgehead atoms. The van der Waals surface area contributed by atoms with Crippen molar-refractivity contribution >= 4 is 5.91 Å². The highest BCUT2D eigenvalue weighted by molar-refractivity contribution is 5.94. The summed E-state index contributed by atoms with van der Waals surface area (Å²) in [5.41, 5.74) is -0.159. The largest absolute Gasteiger partial charge is 0.497 e. The maximum Gasteiger partial charge on any atom is 0.251 e. The van der Waals surface area contributed by atoms with Gasteiger partial charge in [-0.15, -0.1) is 0 Å². The molecule has 1 amide bonds. The lowest BCUT2D eigenvalue weighted by atomic mass is 9.79. The van der Waals surface area contributed by atoms with E-state index in [2.05, 4.69) is 12.2 Å². The molecule has 0 saturated heterocycles. The van der Waals surface area contributed by atoms with Gasteiger partial charge in [0, 0.05) is 12.1 Å². The number of ether oxygens (including phenoxy) is 1. The van der Waals surface area contributed by atoms with Crippen molar-refractivity contribution in [1.82, 2.24) is 5.32 Å². The Bertz CT molecular complexity index is 447. The van der Waals surface area contributed by atoms with Crippen molar-refractivity contribution in [2.45, 2.75) is 38.2 Å². The number of hydrogen-bond acceptors (Lipinski definition) is 3. The second kappa shape index (κ2) is 6.27. The van der Waals surface area contributed by atoms with E-state index in [1.165, 1.54) is 0 Å². The van der Waals surface area contributed by atoms with Crippen molar-refractivity contribution in [3.05, 3.63) is 29.8 Å². The fourth-order valence-corrected chi connectivity index (χ4v) is 2.57. The summed E-state index contributed by atoms with van der Waals surface area (Å²) < 4.78 is 5.06. The normalized spacial score (nSPS) is 26.1. The maximum atomic E-state index is 12.0. The molecule has 0 radical (unpaired) electrons. The average Bonchev–Trinajstić information content (AvgIpc) is 2.48. The van der Waals surface area contributed by atoms with Crippen molar-refractivity contribution in [2.24, 2.45) is 5.92 Å². The second-order valence-electron chi connectivity index (χ2n) is 5.82. The summed E-state index contributed by atoms with van der Waals surface area (Å²) in [6, 6.07) is 6.96. The van der Waals surface area contributed by atoms with Crippen molar-refractivity contribution in [2.75, 3.05) is 13.7 Å². The molecular weight excluding hydrogens is 254 g/mol. The first-order valence-corrected chi connectivity index (χ1v) is 7.17. The van der Waals surface area contributed by atoms with E-state index in [0.717, 1.165) is 31.4 Å². The number of nitrogens with one attached hydrogen (secondary N) is 1. The lowest BCUT2D eigenvalue weighted by Gasteiger charge is -2.34. The third-order valence-corrected chi connectivity index (χ3v) is 4.14. The summed E-state index contributed by atoms with van der Waals surface area (Å²) in [5.74, 6) is 1.24. The molecule has 4 nitrogen and oxygen atoms in total. The molecule has 1 aromatic rings. The Morgan fingerprint density at radius 2 is 1.95 bits per heavy atom. The number of benzene rings is 1. The predicted octanol–water partition coefficient (Wildman–Crippen LogP) is 2.37. The van der Waals surface area contributed by atoms with E-state index in [1.54, 1.807) is 31.4 Å². The van der Waals surface area contributed by atoms with E-state index in [9.17, 15) is 9.90 Å². The second-order valence-corrected chi connectivity index (χ2v) is 5.82. The number of aliphatic hydroxyl groups is 1. The first-order valence-electron chi connectivity index (χ1n) is 7.17. The van der Waals surface area contributed by atoms with Crippen LogP contribution in [0.3, 0.4) is 0 Å². The zero-order chi connectivity index (χ0) is 14.6. The van der Waals surface area contributed by atoms with Crippen LogP contribution in [0.2, 0.25) is 0 Å². The van der Waals surface area contributed by atoms with Crippen LogP contribution < -0.4 is 10.1 Å². The van der Waals surface area contributed by atoms with Gasteiger partial charge in [-0.3, -0.25) is 4.79 Å². The molecule has 110 valence electrons. The van der Waals surface area contributed by atoms with Crippen molar-refractivity contribution in [1.29, 1.82) is 0 Å². The van der Waals surface area contributed by atoms with E-state index in [-0.39, 0.29) is 5.91 Å². The molecule has 1 fully saturated rings. The third-order valence-electron chi connectivity index (χ3n) is 4.14. The predicted molar refractivity (Wildman–Crippen MR) is 77.9 cm³/mol. The molecule has 1 aliphatic carbocycles. The summed E-state index contributed by atoms with van der Waals surface area (Å²) in [6.45, 7) is 2.53. The van der Waals surface area contributed by atoms with Gasteiger partial charge in [-0.2, -0.15) is 0 Å². The summed E-state index contributed by atoms with van der Waals surface area (Å²) >= 11 is 0. The van der Waals surface area contributed by atoms with Crippen LogP contribution in [-0.4, -0.2) is 30.3 Å². The summed E-state index contributed by atoms with van der Waals surface area (Å²) in [5, 5.41) is 13.3. The van der Waals surface area contributed by atoms with Gasteiger partial charge in [0.2, 0.25) is 0 Å². The minimum Gasteiger partial charge on any atom is -0.497 e. The molecule has 1 aromatic carbocycles. The summed E-state index contributed by atoms with van der Waals surface area (Å²) in [6.07, 6.45) is 3.57. The number of hydrogen-bond donors (Lipinski definition) is 2. The van der Waals surface area contributed by atoms with Crippen LogP contribution in [0.15, 0.2) is 24.3 Å². The number of carbonyl (C=O) groups excluding carboxylic acids is 1. The van der Waals surface area contributed by atoms with Gasteiger partial charge in [-0.05, 0) is 55.9 Å². The molecular formula is C16H23NO3. The highest BCUT2D eigenvalue weighted by atomic mass is 16.5. The molecule has 1 saturated carbocycles. The van der Waals surface area contributed by atoms with Crippen LogP contribution in [0.4, 0.5) is 0 Å². The summed E-state index contributed by atoms with van der Waals surface area (Å²) in [4.78, 5) is 12.0. The Kier molecular flexibility index (Phi) is 4.65. The van der Waals surface area contributed by atoms with Gasteiger partial charge in [-0.25, -0.2) is 0 Å². The van der Waals surface area contributed by atoms with E-state index >= 15 is 0 Å². The van der Waals surface area contributed by atoms with Gasteiger partial charge in [0.1, 0.15) is 5.75 Å². The maximum absolute atomic E-state index is 12.0. The Balaban J connectivity index is 1.88. The molecule has 0 heterocycles. The first-order chi connectivity index (χ1) is 9.52. The molecule has 0 aromatic heterocycles. The number of methoxy groups -OCH3 is 1. The fourth-order valence-electron chi connectivity index (χ4n) is 2.57. The molecule has 2 rings (SSSR count). The molecule has 0 atom stereocenters. The Labute approximate surface area is 120 Å². The van der Waals surface area contributed by atoms with Crippen LogP contribution in [-0.2, 0) is 0 Å². The zero-order valence-electron chi connectivity index (χ0n) is 12.2. The van der Waals surface area contributed by atoms with Gasteiger partial charge in [-0.1, -0.05) is 6.92 Å². The minimum absolute atomic E-state index is 0.153. The molecule has 20 heavy (non-hydrogen) atoms. The standard InChI is InChI=1S/C16H23NO3/c1-12-7-9-16(19,10-8-12)11-17-15(18)13-3-5-14(20-2)6-4-13/h3-6,12,19H,7-11H2,1-2H3,(H,17,18). The number of rotatable bonds is 4. The van der Waals surface area contributed by atoms with Crippen LogP contribution in [0, 0.1) is 5.92 Å². The topological polar surface area (TPSA) is 58.6 Å². The molecule has 0 unspecified atom stereocenters. The van der Waals surface area contributed by atoms with Crippen LogP contribution in [0.25, 0.3) is 0 Å². The zero-order valence-corrected chi connectivity index (χ0v) is 12.2. The Morgan fingerprint density at radius 1 is 1.35 bits per heavy atom. The highest BCUT2D eigenvalue weighted by Gasteiger charge is 2.32. The molecule has 4 heteroatoms. The Hall–Kier alpha value is -1.55. The fraction of sp³-hybridized carbons (Fsp3) is 0.562. The van der Waals surface area contributed by atoms with E-state index in [4.69, 9.17) is 4.74 Å². The first kappa shape index (κ1) is 14.9. The lowest BCUT2D eigenvalue weighted by molar-refractivity contribution is -0.00540. The molecule has 0 spiro atoms. The van der Waals surface area contributed by atoms with Crippen molar-refractivity contribution in [3.8, 4) is 5.75 Å². The van der Waals surface area contributed by atoms with Crippen LogP contribution in [0.1, 0.15) is 43.0 Å². The number of amides is 1. The number of carbonyl (C=O) groups is 1. The van der Waals surface area contributed by atoms with Crippen molar-refractivity contribution < 1.29 is 14.6 Å². The van der Waals surface area contributed by atoms with Crippen LogP contribution >= 0.6 is 0 Å². The van der Waals surface area contributed by atoms with E-state index < -0.39 is 5.60 Å². The molecule has 2 N–H and O–H groups in total. The van der Waals surface area contributed by atoms with E-state index in [1.807, 2.05) is 0 Å². The van der Waals surface area contributed by atoms with Crippen molar-refractivity contribution in [3.63, 3.8) is 0 Å². The molecule has 0 aliphatic heterocycles. The van der Waals surface area contributed by atoms with Crippen LogP contribution in [0.5, 0.6) is 5.75 Å². The monoisotopic (exact) mass is 277 g/mol. The smallest absolute Gasteiger partial charge is 0.251 e. The quantitative estimate of drug-likeness (QED) is 0.888. The van der Waals surface area contributed by atoms with Gasteiger partial charge < -0.3 is 15.2 Å². The highest BCUT2D eigenvalue weighted by Crippen LogP contribution is 2.31. The summed E-state index contributed by atoms with van der Waals surface area (Å²) in [7, 11) is 1.59. The minimum atomic E-state index is -0.741. The SMILES string of the molecule is COc1ccc(C(=O)NCC2(O)CCC(C)CC2)cc1. The van der Waals surface area contributed by atoms with Gasteiger partial charge >= 0.3 is 0 Å². The third kappa shape index (κ3) is 3.73. The van der Waals surface area contributed by atoms with Gasteiger partial charge in [0.05, 0.1) is 12.7 Å². The Morgan fingerprint density at radius 3 is 2.50 bits per heavy atom. The van der Waals surface area contributed by atoms with Gasteiger partial charge in [0.15, 0.2) is 0 Å². The van der Waals surface area contributed by atoms with E-state index in [0.29, 0.717) is 18.0 Å². The molecule has 1 aliphatic rings. The van der Waals surface area contributed by atoms with Gasteiger partial charge in [0.25, 0.3) is 5.91 Å². The lowest BCUT2D eigenvalue weighted by Crippen LogP contribution is -2.45. The average molecular weight is 277 g/mol.